The lowest BCUT2D eigenvalue weighted by atomic mass is 10.2. The van der Waals surface area contributed by atoms with Gasteiger partial charge in [-0.15, -0.1) is 11.3 Å². The monoisotopic (exact) mass is 478 g/mol. The van der Waals surface area contributed by atoms with Gasteiger partial charge in [0.1, 0.15) is 23.1 Å². The Bertz CT molecular complexity index is 1250. The van der Waals surface area contributed by atoms with Crippen molar-refractivity contribution >= 4 is 40.4 Å². The van der Waals surface area contributed by atoms with E-state index in [-0.39, 0.29) is 18.4 Å². The molecular weight excluding hydrogens is 460 g/mol. The first kappa shape index (κ1) is 22.4. The van der Waals surface area contributed by atoms with E-state index in [1.54, 1.807) is 60.2 Å². The number of carbonyl (C=O) groups is 2. The van der Waals surface area contributed by atoms with Gasteiger partial charge in [0.05, 0.1) is 0 Å². The van der Waals surface area contributed by atoms with Crippen LogP contribution in [0.5, 0.6) is 5.75 Å². The van der Waals surface area contributed by atoms with Crippen LogP contribution >= 0.6 is 22.9 Å². The van der Waals surface area contributed by atoms with Crippen LogP contribution in [0.1, 0.15) is 31.4 Å². The van der Waals surface area contributed by atoms with Crippen molar-refractivity contribution in [2.75, 3.05) is 5.32 Å². The van der Waals surface area contributed by atoms with Crippen molar-refractivity contribution in [3.8, 4) is 5.75 Å². The Hall–Kier alpha value is -3.75. The minimum absolute atomic E-state index is 0.227. The molecule has 9 heteroatoms. The summed E-state index contributed by atoms with van der Waals surface area (Å²) in [6, 6.07) is 17.6. The van der Waals surface area contributed by atoms with Crippen LogP contribution in [0.4, 0.5) is 5.69 Å². The van der Waals surface area contributed by atoms with Crippen molar-refractivity contribution < 1.29 is 14.3 Å². The Kier molecular flexibility index (Phi) is 7.29. The van der Waals surface area contributed by atoms with Crippen LogP contribution in [-0.4, -0.2) is 21.8 Å². The summed E-state index contributed by atoms with van der Waals surface area (Å²) in [6.45, 7) is 0.560. The number of ether oxygens (including phenoxy) is 1. The summed E-state index contributed by atoms with van der Waals surface area (Å²) in [6.07, 6.45) is 3.13. The van der Waals surface area contributed by atoms with E-state index in [0.717, 1.165) is 5.56 Å². The summed E-state index contributed by atoms with van der Waals surface area (Å²) in [7, 11) is 0. The van der Waals surface area contributed by atoms with E-state index in [1.165, 1.54) is 11.3 Å². The molecule has 0 fully saturated rings. The maximum atomic E-state index is 12.5. The van der Waals surface area contributed by atoms with Gasteiger partial charge in [0.2, 0.25) is 0 Å². The van der Waals surface area contributed by atoms with Crippen LogP contribution in [0, 0.1) is 0 Å². The van der Waals surface area contributed by atoms with Gasteiger partial charge in [-0.3, -0.25) is 14.6 Å². The lowest BCUT2D eigenvalue weighted by Crippen LogP contribution is -2.23. The summed E-state index contributed by atoms with van der Waals surface area (Å²) in [4.78, 5) is 33.0. The molecular formula is C24H19ClN4O3S. The third kappa shape index (κ3) is 6.38. The number of halogens is 1. The number of thiazole rings is 1. The Morgan fingerprint density at radius 1 is 1.00 bits per heavy atom. The molecule has 0 aliphatic heterocycles. The number of nitrogens with one attached hydrogen (secondary N) is 2. The number of aromatic nitrogens is 2. The normalized spacial score (nSPS) is 10.5. The first-order valence-corrected chi connectivity index (χ1v) is 11.2. The zero-order valence-electron chi connectivity index (χ0n) is 17.3. The quantitative estimate of drug-likeness (QED) is 0.373. The molecule has 2 aromatic heterocycles. The summed E-state index contributed by atoms with van der Waals surface area (Å²) >= 11 is 7.22. The van der Waals surface area contributed by atoms with Crippen LogP contribution in [0.3, 0.4) is 0 Å². The summed E-state index contributed by atoms with van der Waals surface area (Å²) in [5.41, 5.74) is 2.33. The molecule has 2 aromatic carbocycles. The van der Waals surface area contributed by atoms with Gasteiger partial charge < -0.3 is 15.4 Å². The van der Waals surface area contributed by atoms with E-state index < -0.39 is 0 Å². The number of pyridine rings is 1. The third-order valence-electron chi connectivity index (χ3n) is 4.54. The second-order valence-electron chi connectivity index (χ2n) is 6.94. The second-order valence-corrected chi connectivity index (χ2v) is 8.32. The van der Waals surface area contributed by atoms with Crippen molar-refractivity contribution in [3.63, 3.8) is 0 Å². The number of hydrogen-bond donors (Lipinski definition) is 2. The fourth-order valence-corrected chi connectivity index (χ4v) is 3.71. The van der Waals surface area contributed by atoms with E-state index in [4.69, 9.17) is 16.3 Å². The van der Waals surface area contributed by atoms with Crippen LogP contribution in [-0.2, 0) is 13.2 Å². The van der Waals surface area contributed by atoms with Crippen molar-refractivity contribution in [2.45, 2.75) is 13.2 Å². The van der Waals surface area contributed by atoms with E-state index in [9.17, 15) is 9.59 Å². The topological polar surface area (TPSA) is 93.2 Å². The maximum absolute atomic E-state index is 12.5. The highest BCUT2D eigenvalue weighted by Gasteiger charge is 2.12. The van der Waals surface area contributed by atoms with Gasteiger partial charge >= 0.3 is 0 Å². The van der Waals surface area contributed by atoms with Gasteiger partial charge in [-0.25, -0.2) is 4.98 Å². The first-order chi connectivity index (χ1) is 16.1. The molecule has 0 aliphatic rings. The fourth-order valence-electron chi connectivity index (χ4n) is 2.90. The fraction of sp³-hybridized carbons (Fsp3) is 0.0833. The molecule has 0 atom stereocenters. The minimum Gasteiger partial charge on any atom is -0.486 e. The van der Waals surface area contributed by atoms with Crippen LogP contribution in [0.2, 0.25) is 5.02 Å². The van der Waals surface area contributed by atoms with Crippen LogP contribution in [0.15, 0.2) is 78.4 Å². The Morgan fingerprint density at radius 3 is 2.58 bits per heavy atom. The van der Waals surface area contributed by atoms with Gasteiger partial charge in [0.25, 0.3) is 11.8 Å². The van der Waals surface area contributed by atoms with Crippen molar-refractivity contribution in [3.05, 3.63) is 105 Å². The van der Waals surface area contributed by atoms with Crippen LogP contribution in [0.25, 0.3) is 0 Å². The SMILES string of the molecule is O=C(Nc1cccc(CNC(=O)c2csc(COc3ccc(Cl)cc3)n2)c1)c1ccncc1. The maximum Gasteiger partial charge on any atom is 0.271 e. The van der Waals surface area contributed by atoms with E-state index in [1.807, 2.05) is 18.2 Å². The molecule has 0 bridgehead atoms. The molecule has 0 unspecified atom stereocenters. The predicted octanol–water partition coefficient (Wildman–Crippen LogP) is 4.95. The second kappa shape index (κ2) is 10.7. The molecule has 33 heavy (non-hydrogen) atoms. The molecule has 0 saturated carbocycles. The van der Waals surface area contributed by atoms with Crippen LogP contribution < -0.4 is 15.4 Å². The first-order valence-electron chi connectivity index (χ1n) is 9.98. The summed E-state index contributed by atoms with van der Waals surface area (Å²) < 4.78 is 5.67. The molecule has 4 aromatic rings. The molecule has 0 radical (unpaired) electrons. The van der Waals surface area contributed by atoms with E-state index >= 15 is 0 Å². The molecule has 0 aliphatic carbocycles. The molecule has 2 heterocycles. The lowest BCUT2D eigenvalue weighted by molar-refractivity contribution is 0.0945. The van der Waals surface area contributed by atoms with Gasteiger partial charge in [0, 0.05) is 40.6 Å². The van der Waals surface area contributed by atoms with E-state index in [0.29, 0.717) is 39.3 Å². The van der Waals surface area contributed by atoms with Crippen molar-refractivity contribution in [1.29, 1.82) is 0 Å². The molecule has 7 nitrogen and oxygen atoms in total. The highest BCUT2D eigenvalue weighted by atomic mass is 35.5. The number of carbonyl (C=O) groups excluding carboxylic acids is 2. The number of rotatable bonds is 8. The standard InChI is InChI=1S/C24H19ClN4O3S/c25-18-4-6-20(7-5-18)32-14-22-29-21(15-33-22)24(31)27-13-16-2-1-3-19(12-16)28-23(30)17-8-10-26-11-9-17/h1-12,15H,13-14H2,(H,27,31)(H,28,30). The molecule has 0 spiro atoms. The summed E-state index contributed by atoms with van der Waals surface area (Å²) in [5, 5.41) is 8.71. The third-order valence-corrected chi connectivity index (χ3v) is 5.62. The Balaban J connectivity index is 1.29. The average Bonchev–Trinajstić information content (AvgIpc) is 3.32. The number of amides is 2. The number of hydrogen-bond acceptors (Lipinski definition) is 6. The summed E-state index contributed by atoms with van der Waals surface area (Å²) in [5.74, 6) is 0.168. The number of nitrogens with zero attached hydrogens (tertiary/aromatic N) is 2. The molecule has 0 saturated heterocycles. The highest BCUT2D eigenvalue weighted by Crippen LogP contribution is 2.18. The predicted molar refractivity (Wildman–Crippen MR) is 128 cm³/mol. The highest BCUT2D eigenvalue weighted by molar-refractivity contribution is 7.09. The lowest BCUT2D eigenvalue weighted by Gasteiger charge is -2.08. The van der Waals surface area contributed by atoms with Gasteiger partial charge in [-0.2, -0.15) is 0 Å². The molecule has 2 N–H and O–H groups in total. The van der Waals surface area contributed by atoms with Gasteiger partial charge in [0.15, 0.2) is 0 Å². The zero-order valence-corrected chi connectivity index (χ0v) is 18.9. The Morgan fingerprint density at radius 2 is 1.79 bits per heavy atom. The van der Waals surface area contributed by atoms with Gasteiger partial charge in [-0.05, 0) is 54.1 Å². The Labute approximate surface area is 199 Å². The zero-order chi connectivity index (χ0) is 23.0. The van der Waals surface area contributed by atoms with Crippen molar-refractivity contribution in [2.24, 2.45) is 0 Å². The van der Waals surface area contributed by atoms with E-state index in [2.05, 4.69) is 20.6 Å². The molecule has 4 rings (SSSR count). The van der Waals surface area contributed by atoms with Gasteiger partial charge in [-0.1, -0.05) is 23.7 Å². The van der Waals surface area contributed by atoms with Crippen molar-refractivity contribution in [1.82, 2.24) is 15.3 Å². The molecule has 166 valence electrons. The average molecular weight is 479 g/mol. The smallest absolute Gasteiger partial charge is 0.271 e. The largest absolute Gasteiger partial charge is 0.486 e. The minimum atomic E-state index is -0.282. The number of anilines is 1. The number of benzene rings is 2. The molecule has 2 amide bonds.